The van der Waals surface area contributed by atoms with E-state index in [0.717, 1.165) is 23.9 Å². The topological polar surface area (TPSA) is 62.4 Å². The molecule has 3 rings (SSSR count). The highest BCUT2D eigenvalue weighted by Gasteiger charge is 2.27. The van der Waals surface area contributed by atoms with Gasteiger partial charge in [0.1, 0.15) is 17.7 Å². The van der Waals surface area contributed by atoms with E-state index in [2.05, 4.69) is 23.1 Å². The van der Waals surface area contributed by atoms with Crippen LogP contribution < -0.4 is 4.90 Å². The largest absolute Gasteiger partial charge is 0.467 e. The first-order valence-electron chi connectivity index (χ1n) is 8.47. The quantitative estimate of drug-likeness (QED) is 0.890. The molecule has 3 heterocycles. The van der Waals surface area contributed by atoms with Crippen molar-refractivity contribution in [1.29, 1.82) is 0 Å². The van der Waals surface area contributed by atoms with E-state index in [9.17, 15) is 5.11 Å². The summed E-state index contributed by atoms with van der Waals surface area (Å²) in [6.45, 7) is 5.22. The van der Waals surface area contributed by atoms with E-state index < -0.39 is 6.10 Å². The van der Waals surface area contributed by atoms with Gasteiger partial charge >= 0.3 is 0 Å². The molecule has 0 bridgehead atoms. The van der Waals surface area contributed by atoms with Gasteiger partial charge in [-0.2, -0.15) is 4.37 Å². The Bertz CT molecular complexity index is 597. The minimum atomic E-state index is -0.562. The SMILES string of the molecule is CC(C)c1nsc(N2CCCCCC2CC(O)c2ccco2)n1. The Morgan fingerprint density at radius 1 is 1.39 bits per heavy atom. The average molecular weight is 335 g/mol. The highest BCUT2D eigenvalue weighted by Crippen LogP contribution is 2.32. The molecule has 0 spiro atoms. The lowest BCUT2D eigenvalue weighted by Gasteiger charge is -2.30. The first-order valence-corrected chi connectivity index (χ1v) is 9.24. The molecule has 1 aliphatic rings. The second-order valence-electron chi connectivity index (χ2n) is 6.55. The Kier molecular flexibility index (Phi) is 5.33. The number of aliphatic hydroxyl groups is 1. The number of hydrogen-bond acceptors (Lipinski definition) is 6. The maximum atomic E-state index is 10.5. The number of anilines is 1. The standard InChI is InChI=1S/C17H25N3O2S/c1-12(2)16-18-17(23-19-16)20-9-5-3-4-7-13(20)11-14(21)15-8-6-10-22-15/h6,8,10,12-14,21H,3-5,7,9,11H2,1-2H3. The lowest BCUT2D eigenvalue weighted by molar-refractivity contribution is 0.129. The van der Waals surface area contributed by atoms with Gasteiger partial charge in [-0.1, -0.05) is 26.7 Å². The zero-order valence-electron chi connectivity index (χ0n) is 13.8. The summed E-state index contributed by atoms with van der Waals surface area (Å²) < 4.78 is 9.84. The van der Waals surface area contributed by atoms with E-state index in [4.69, 9.17) is 9.40 Å². The van der Waals surface area contributed by atoms with Gasteiger partial charge in [0.05, 0.1) is 6.26 Å². The van der Waals surface area contributed by atoms with E-state index >= 15 is 0 Å². The second kappa shape index (κ2) is 7.45. The summed E-state index contributed by atoms with van der Waals surface area (Å²) in [5.74, 6) is 1.91. The molecule has 1 N–H and O–H groups in total. The molecule has 0 amide bonds. The summed E-state index contributed by atoms with van der Waals surface area (Å²) in [5, 5.41) is 11.5. The van der Waals surface area contributed by atoms with Crippen molar-refractivity contribution in [3.63, 3.8) is 0 Å². The number of hydrogen-bond donors (Lipinski definition) is 1. The van der Waals surface area contributed by atoms with Crippen LogP contribution in [0, 0.1) is 0 Å². The van der Waals surface area contributed by atoms with Crippen molar-refractivity contribution in [2.75, 3.05) is 11.4 Å². The Balaban J connectivity index is 1.76. The van der Waals surface area contributed by atoms with Gasteiger partial charge in [0.25, 0.3) is 0 Å². The minimum Gasteiger partial charge on any atom is -0.467 e. The Hall–Kier alpha value is -1.40. The second-order valence-corrected chi connectivity index (χ2v) is 7.28. The molecule has 0 saturated carbocycles. The zero-order chi connectivity index (χ0) is 16.2. The molecular formula is C17H25N3O2S. The van der Waals surface area contributed by atoms with Gasteiger partial charge in [-0.3, -0.25) is 0 Å². The fourth-order valence-electron chi connectivity index (χ4n) is 3.11. The Morgan fingerprint density at radius 3 is 2.96 bits per heavy atom. The van der Waals surface area contributed by atoms with Crippen molar-refractivity contribution in [3.05, 3.63) is 30.0 Å². The Morgan fingerprint density at radius 2 is 2.26 bits per heavy atom. The molecule has 5 nitrogen and oxygen atoms in total. The van der Waals surface area contributed by atoms with Gasteiger partial charge in [-0.05, 0) is 25.0 Å². The van der Waals surface area contributed by atoms with Crippen LogP contribution in [0.3, 0.4) is 0 Å². The summed E-state index contributed by atoms with van der Waals surface area (Å²) in [4.78, 5) is 7.07. The third-order valence-electron chi connectivity index (χ3n) is 4.44. The molecular weight excluding hydrogens is 310 g/mol. The van der Waals surface area contributed by atoms with Crippen LogP contribution in [0.4, 0.5) is 5.13 Å². The predicted molar refractivity (Wildman–Crippen MR) is 91.9 cm³/mol. The molecule has 2 atom stereocenters. The number of nitrogens with zero attached hydrogens (tertiary/aromatic N) is 3. The number of aliphatic hydroxyl groups excluding tert-OH is 1. The van der Waals surface area contributed by atoms with Gasteiger partial charge in [0, 0.05) is 36.5 Å². The van der Waals surface area contributed by atoms with Crippen LogP contribution >= 0.6 is 11.5 Å². The lowest BCUT2D eigenvalue weighted by atomic mass is 10.0. The molecule has 0 aromatic carbocycles. The van der Waals surface area contributed by atoms with Crippen LogP contribution in [0.15, 0.2) is 22.8 Å². The molecule has 126 valence electrons. The van der Waals surface area contributed by atoms with Gasteiger partial charge in [-0.15, -0.1) is 0 Å². The number of aromatic nitrogens is 2. The monoisotopic (exact) mass is 335 g/mol. The van der Waals surface area contributed by atoms with Crippen LogP contribution in [0.2, 0.25) is 0 Å². The predicted octanol–water partition coefficient (Wildman–Crippen LogP) is 4.13. The maximum Gasteiger partial charge on any atom is 0.205 e. The van der Waals surface area contributed by atoms with Gasteiger partial charge in [0.2, 0.25) is 5.13 Å². The van der Waals surface area contributed by atoms with E-state index in [-0.39, 0.29) is 6.04 Å². The number of furan rings is 1. The molecule has 0 radical (unpaired) electrons. The van der Waals surface area contributed by atoms with E-state index in [1.807, 2.05) is 12.1 Å². The third-order valence-corrected chi connectivity index (χ3v) is 5.20. The summed E-state index contributed by atoms with van der Waals surface area (Å²) in [6.07, 6.45) is 6.40. The molecule has 1 saturated heterocycles. The molecule has 1 aliphatic heterocycles. The third kappa shape index (κ3) is 3.93. The summed E-state index contributed by atoms with van der Waals surface area (Å²) in [6, 6.07) is 3.95. The molecule has 6 heteroatoms. The van der Waals surface area contributed by atoms with Crippen molar-refractivity contribution < 1.29 is 9.52 Å². The van der Waals surface area contributed by atoms with Crippen molar-refractivity contribution in [1.82, 2.24) is 9.36 Å². The van der Waals surface area contributed by atoms with Gasteiger partial charge < -0.3 is 14.4 Å². The van der Waals surface area contributed by atoms with E-state index in [0.29, 0.717) is 18.1 Å². The van der Waals surface area contributed by atoms with Gasteiger partial charge in [-0.25, -0.2) is 4.98 Å². The molecule has 23 heavy (non-hydrogen) atoms. The highest BCUT2D eigenvalue weighted by molar-refractivity contribution is 7.09. The van der Waals surface area contributed by atoms with Crippen molar-refractivity contribution in [3.8, 4) is 0 Å². The fourth-order valence-corrected chi connectivity index (χ4v) is 4.01. The summed E-state index contributed by atoms with van der Waals surface area (Å²) in [7, 11) is 0. The van der Waals surface area contributed by atoms with E-state index in [1.165, 1.54) is 30.8 Å². The molecule has 0 aliphatic carbocycles. The van der Waals surface area contributed by atoms with Crippen molar-refractivity contribution >= 4 is 16.7 Å². The van der Waals surface area contributed by atoms with Crippen LogP contribution in [-0.4, -0.2) is 27.1 Å². The molecule has 2 aromatic heterocycles. The normalized spacial score (nSPS) is 20.7. The highest BCUT2D eigenvalue weighted by atomic mass is 32.1. The van der Waals surface area contributed by atoms with Crippen LogP contribution in [-0.2, 0) is 0 Å². The Labute approximate surface area is 141 Å². The molecule has 2 aromatic rings. The van der Waals surface area contributed by atoms with Crippen LogP contribution in [0.25, 0.3) is 0 Å². The van der Waals surface area contributed by atoms with Gasteiger partial charge in [0.15, 0.2) is 0 Å². The lowest BCUT2D eigenvalue weighted by Crippen LogP contribution is -2.36. The first-order chi connectivity index (χ1) is 11.1. The fraction of sp³-hybridized carbons (Fsp3) is 0.647. The molecule has 1 fully saturated rings. The molecule has 2 unspecified atom stereocenters. The number of rotatable bonds is 5. The van der Waals surface area contributed by atoms with Crippen molar-refractivity contribution in [2.45, 2.75) is 64.0 Å². The maximum absolute atomic E-state index is 10.5. The summed E-state index contributed by atoms with van der Waals surface area (Å²) in [5.41, 5.74) is 0. The minimum absolute atomic E-state index is 0.283. The van der Waals surface area contributed by atoms with Crippen LogP contribution in [0.5, 0.6) is 0 Å². The first kappa shape index (κ1) is 16.5. The average Bonchev–Trinajstić information content (AvgIpc) is 3.17. The van der Waals surface area contributed by atoms with Crippen molar-refractivity contribution in [2.24, 2.45) is 0 Å². The smallest absolute Gasteiger partial charge is 0.205 e. The van der Waals surface area contributed by atoms with E-state index in [1.54, 1.807) is 6.26 Å². The summed E-state index contributed by atoms with van der Waals surface area (Å²) >= 11 is 1.48. The zero-order valence-corrected chi connectivity index (χ0v) is 14.6. The van der Waals surface area contributed by atoms with Crippen LogP contribution in [0.1, 0.15) is 69.6 Å².